The highest BCUT2D eigenvalue weighted by molar-refractivity contribution is 7.85. The summed E-state index contributed by atoms with van der Waals surface area (Å²) < 4.78 is 29.0. The van der Waals surface area contributed by atoms with Gasteiger partial charge in [-0.05, 0) is 13.1 Å². The minimum Gasteiger partial charge on any atom is -0.303 e. The summed E-state index contributed by atoms with van der Waals surface area (Å²) in [6.07, 6.45) is 0. The molecule has 6 heteroatoms. The van der Waals surface area contributed by atoms with Gasteiger partial charge in [0.05, 0.1) is 5.75 Å². The molecule has 0 saturated heterocycles. The van der Waals surface area contributed by atoms with Gasteiger partial charge in [0.15, 0.2) is 0 Å². The fraction of sp³-hybridized carbons (Fsp3) is 1.00. The molecule has 12 heavy (non-hydrogen) atoms. The van der Waals surface area contributed by atoms with Crippen molar-refractivity contribution in [2.75, 3.05) is 25.4 Å². The first-order valence-corrected chi connectivity index (χ1v) is 5.28. The summed E-state index contributed by atoms with van der Waals surface area (Å²) in [5.74, 6) is -0.172. The summed E-state index contributed by atoms with van der Waals surface area (Å²) in [6, 6.07) is 0. The SMILES string of the molecule is CCN(CC)CCS(=O)(=O)O.F. The molecule has 0 fully saturated rings. The Bertz CT molecular complexity index is 189. The molecule has 0 aromatic carbocycles. The van der Waals surface area contributed by atoms with Gasteiger partial charge in [0, 0.05) is 6.54 Å². The quantitative estimate of drug-likeness (QED) is 0.653. The molecule has 0 spiro atoms. The molecule has 0 aliphatic heterocycles. The molecule has 0 aromatic rings. The van der Waals surface area contributed by atoms with Gasteiger partial charge in [-0.3, -0.25) is 9.26 Å². The monoisotopic (exact) mass is 201 g/mol. The van der Waals surface area contributed by atoms with Crippen LogP contribution in [0.15, 0.2) is 0 Å². The van der Waals surface area contributed by atoms with E-state index in [0.717, 1.165) is 13.1 Å². The number of hydrogen-bond donors (Lipinski definition) is 1. The second kappa shape index (κ2) is 6.33. The van der Waals surface area contributed by atoms with E-state index in [4.69, 9.17) is 4.55 Å². The van der Waals surface area contributed by atoms with Gasteiger partial charge in [0.1, 0.15) is 0 Å². The highest BCUT2D eigenvalue weighted by atomic mass is 32.2. The van der Waals surface area contributed by atoms with E-state index in [9.17, 15) is 8.42 Å². The summed E-state index contributed by atoms with van der Waals surface area (Å²) in [4.78, 5) is 1.94. The van der Waals surface area contributed by atoms with Gasteiger partial charge in [0.2, 0.25) is 0 Å². The van der Waals surface area contributed by atoms with E-state index in [-0.39, 0.29) is 10.5 Å². The predicted octanol–water partition coefficient (Wildman–Crippen LogP) is 0.369. The van der Waals surface area contributed by atoms with Crippen molar-refractivity contribution in [3.8, 4) is 0 Å². The minimum absolute atomic E-state index is 0. The molecule has 0 amide bonds. The predicted molar refractivity (Wildman–Crippen MR) is 46.7 cm³/mol. The Balaban J connectivity index is 0. The van der Waals surface area contributed by atoms with Crippen molar-refractivity contribution in [3.63, 3.8) is 0 Å². The maximum atomic E-state index is 10.3. The third kappa shape index (κ3) is 7.90. The van der Waals surface area contributed by atoms with Crippen molar-refractivity contribution in [2.45, 2.75) is 13.8 Å². The van der Waals surface area contributed by atoms with E-state index in [2.05, 4.69) is 0 Å². The van der Waals surface area contributed by atoms with Crippen LogP contribution in [0.4, 0.5) is 4.70 Å². The summed E-state index contributed by atoms with van der Waals surface area (Å²) >= 11 is 0. The summed E-state index contributed by atoms with van der Waals surface area (Å²) in [5, 5.41) is 0. The lowest BCUT2D eigenvalue weighted by Gasteiger charge is -2.16. The van der Waals surface area contributed by atoms with E-state index in [1.54, 1.807) is 0 Å². The molecular weight excluding hydrogens is 185 g/mol. The summed E-state index contributed by atoms with van der Waals surface area (Å²) in [5.41, 5.74) is 0. The second-order valence-electron chi connectivity index (χ2n) is 2.31. The van der Waals surface area contributed by atoms with Crippen LogP contribution in [0.1, 0.15) is 13.8 Å². The van der Waals surface area contributed by atoms with Crippen LogP contribution in [0.3, 0.4) is 0 Å². The van der Waals surface area contributed by atoms with Crippen molar-refractivity contribution in [1.29, 1.82) is 0 Å². The number of halogens is 1. The molecule has 1 N–H and O–H groups in total. The molecule has 0 aliphatic rings. The zero-order valence-electron chi connectivity index (χ0n) is 7.36. The third-order valence-corrected chi connectivity index (χ3v) is 2.26. The van der Waals surface area contributed by atoms with Crippen molar-refractivity contribution < 1.29 is 17.7 Å². The standard InChI is InChI=1S/C6H15NO3S.FH/c1-3-7(4-2)5-6-11(8,9)10;/h3-6H2,1-2H3,(H,8,9,10);1H. The zero-order valence-corrected chi connectivity index (χ0v) is 8.17. The minimum atomic E-state index is -3.78. The van der Waals surface area contributed by atoms with Crippen molar-refractivity contribution >= 4 is 10.1 Å². The van der Waals surface area contributed by atoms with Crippen LogP contribution < -0.4 is 0 Å². The molecule has 0 atom stereocenters. The van der Waals surface area contributed by atoms with Gasteiger partial charge in [-0.25, -0.2) is 0 Å². The fourth-order valence-corrected chi connectivity index (χ4v) is 1.27. The fourth-order valence-electron chi connectivity index (χ4n) is 0.784. The molecule has 0 saturated carbocycles. The van der Waals surface area contributed by atoms with Gasteiger partial charge in [-0.1, -0.05) is 13.8 Å². The summed E-state index contributed by atoms with van der Waals surface area (Å²) in [6.45, 7) is 5.94. The molecular formula is C6H16FNO3S. The molecule has 0 unspecified atom stereocenters. The zero-order chi connectivity index (χ0) is 8.91. The van der Waals surface area contributed by atoms with Gasteiger partial charge in [-0.15, -0.1) is 0 Å². The topological polar surface area (TPSA) is 57.6 Å². The lowest BCUT2D eigenvalue weighted by Crippen LogP contribution is -2.28. The van der Waals surface area contributed by atoms with Crippen LogP contribution in [0, 0.1) is 0 Å². The molecule has 0 rings (SSSR count). The highest BCUT2D eigenvalue weighted by Crippen LogP contribution is 1.89. The highest BCUT2D eigenvalue weighted by Gasteiger charge is 2.06. The van der Waals surface area contributed by atoms with Crippen molar-refractivity contribution in [1.82, 2.24) is 4.90 Å². The van der Waals surface area contributed by atoms with Gasteiger partial charge in [-0.2, -0.15) is 8.42 Å². The Hall–Kier alpha value is -0.200. The van der Waals surface area contributed by atoms with Crippen LogP contribution >= 0.6 is 0 Å². The number of rotatable bonds is 5. The molecule has 0 heterocycles. The first-order valence-electron chi connectivity index (χ1n) is 3.67. The first kappa shape index (κ1) is 14.3. The largest absolute Gasteiger partial charge is 0.303 e. The Labute approximate surface area is 72.7 Å². The summed E-state index contributed by atoms with van der Waals surface area (Å²) in [7, 11) is -3.78. The number of nitrogens with zero attached hydrogens (tertiary/aromatic N) is 1. The Morgan fingerprint density at radius 3 is 1.92 bits per heavy atom. The Morgan fingerprint density at radius 2 is 1.67 bits per heavy atom. The lowest BCUT2D eigenvalue weighted by molar-refractivity contribution is 0.318. The van der Waals surface area contributed by atoms with Crippen LogP contribution in [0.2, 0.25) is 0 Å². The first-order chi connectivity index (χ1) is 4.99. The van der Waals surface area contributed by atoms with E-state index in [1.807, 2.05) is 18.7 Å². The average Bonchev–Trinajstić information content (AvgIpc) is 1.88. The maximum absolute atomic E-state index is 10.3. The van der Waals surface area contributed by atoms with Crippen LogP contribution in [0.25, 0.3) is 0 Å². The van der Waals surface area contributed by atoms with Crippen molar-refractivity contribution in [3.05, 3.63) is 0 Å². The van der Waals surface area contributed by atoms with E-state index in [0.29, 0.717) is 6.54 Å². The molecule has 0 aliphatic carbocycles. The normalized spacial score (nSPS) is 11.3. The molecule has 4 nitrogen and oxygen atoms in total. The molecule has 0 aromatic heterocycles. The molecule has 0 bridgehead atoms. The Kier molecular flexibility index (Phi) is 7.56. The molecule has 0 radical (unpaired) electrons. The second-order valence-corrected chi connectivity index (χ2v) is 3.88. The van der Waals surface area contributed by atoms with Crippen LogP contribution in [0.5, 0.6) is 0 Å². The van der Waals surface area contributed by atoms with Gasteiger partial charge < -0.3 is 4.90 Å². The van der Waals surface area contributed by atoms with Gasteiger partial charge >= 0.3 is 0 Å². The Morgan fingerprint density at radius 1 is 1.25 bits per heavy atom. The van der Waals surface area contributed by atoms with E-state index >= 15 is 0 Å². The van der Waals surface area contributed by atoms with Crippen molar-refractivity contribution in [2.24, 2.45) is 0 Å². The number of hydrogen-bond acceptors (Lipinski definition) is 3. The smallest absolute Gasteiger partial charge is 0.266 e. The lowest BCUT2D eigenvalue weighted by atomic mass is 10.5. The molecule has 76 valence electrons. The van der Waals surface area contributed by atoms with Crippen LogP contribution in [-0.2, 0) is 10.1 Å². The van der Waals surface area contributed by atoms with E-state index in [1.165, 1.54) is 0 Å². The average molecular weight is 201 g/mol. The van der Waals surface area contributed by atoms with Crippen LogP contribution in [-0.4, -0.2) is 43.3 Å². The third-order valence-electron chi connectivity index (χ3n) is 1.56. The van der Waals surface area contributed by atoms with Gasteiger partial charge in [0.25, 0.3) is 10.1 Å². The van der Waals surface area contributed by atoms with E-state index < -0.39 is 10.1 Å². The maximum Gasteiger partial charge on any atom is 0.266 e.